The molecule has 110 valence electrons. The largest absolute Gasteiger partial charge is 0.294 e. The summed E-state index contributed by atoms with van der Waals surface area (Å²) in [4.78, 5) is 12.1. The van der Waals surface area contributed by atoms with E-state index >= 15 is 0 Å². The van der Waals surface area contributed by atoms with Crippen molar-refractivity contribution in [1.29, 1.82) is 0 Å². The highest BCUT2D eigenvalue weighted by Crippen LogP contribution is 2.32. The van der Waals surface area contributed by atoms with Crippen molar-refractivity contribution in [2.45, 2.75) is 17.7 Å². The van der Waals surface area contributed by atoms with Crippen LogP contribution in [0.3, 0.4) is 0 Å². The predicted octanol–water partition coefficient (Wildman–Crippen LogP) is 3.01. The molecule has 4 rings (SSSR count). The first-order valence-electron chi connectivity index (χ1n) is 7.06. The van der Waals surface area contributed by atoms with Gasteiger partial charge in [0, 0.05) is 23.6 Å². The lowest BCUT2D eigenvalue weighted by atomic mass is 10.1. The van der Waals surface area contributed by atoms with Crippen molar-refractivity contribution in [3.8, 4) is 0 Å². The van der Waals surface area contributed by atoms with Gasteiger partial charge in [0.05, 0.1) is 10.4 Å². The monoisotopic (exact) mass is 311 g/mol. The highest BCUT2D eigenvalue weighted by Gasteiger charge is 2.25. The molecule has 0 unspecified atom stereocenters. The van der Waals surface area contributed by atoms with Gasteiger partial charge in [-0.05, 0) is 42.3 Å². The quantitative estimate of drug-likeness (QED) is 0.731. The van der Waals surface area contributed by atoms with E-state index in [2.05, 4.69) is 0 Å². The zero-order valence-corrected chi connectivity index (χ0v) is 12.5. The van der Waals surface area contributed by atoms with Gasteiger partial charge in [0.15, 0.2) is 5.78 Å². The van der Waals surface area contributed by atoms with Crippen LogP contribution in [0.15, 0.2) is 59.6 Å². The number of ketones is 1. The highest BCUT2D eigenvalue weighted by molar-refractivity contribution is 7.90. The molecule has 0 saturated carbocycles. The van der Waals surface area contributed by atoms with Gasteiger partial charge in [0.1, 0.15) is 0 Å². The van der Waals surface area contributed by atoms with Crippen LogP contribution in [0.5, 0.6) is 0 Å². The number of rotatable bonds is 2. The molecule has 0 saturated heterocycles. The van der Waals surface area contributed by atoms with Crippen LogP contribution in [-0.2, 0) is 16.4 Å². The van der Waals surface area contributed by atoms with E-state index < -0.39 is 10.0 Å². The molecule has 0 amide bonds. The molecule has 1 aromatic heterocycles. The number of benzene rings is 2. The first kappa shape index (κ1) is 13.3. The van der Waals surface area contributed by atoms with Crippen LogP contribution in [0, 0.1) is 0 Å². The van der Waals surface area contributed by atoms with Crippen LogP contribution in [0.4, 0.5) is 0 Å². The minimum atomic E-state index is -3.62. The van der Waals surface area contributed by atoms with Crippen LogP contribution in [-0.4, -0.2) is 18.2 Å². The first-order chi connectivity index (χ1) is 10.6. The average Bonchev–Trinajstić information content (AvgIpc) is 3.12. The fraction of sp³-hybridized carbons (Fsp3) is 0.118. The fourth-order valence-electron chi connectivity index (χ4n) is 3.07. The van der Waals surface area contributed by atoms with Gasteiger partial charge in [-0.25, -0.2) is 12.4 Å². The van der Waals surface area contributed by atoms with Gasteiger partial charge in [-0.1, -0.05) is 18.2 Å². The predicted molar refractivity (Wildman–Crippen MR) is 83.6 cm³/mol. The lowest BCUT2D eigenvalue weighted by molar-refractivity contribution is 0.0994. The molecule has 0 atom stereocenters. The molecular weight excluding hydrogens is 298 g/mol. The molecular formula is C17H13NO3S. The number of carbonyl (C=O) groups is 1. The Balaban J connectivity index is 1.97. The summed E-state index contributed by atoms with van der Waals surface area (Å²) in [5.41, 5.74) is 2.31. The Morgan fingerprint density at radius 2 is 1.68 bits per heavy atom. The van der Waals surface area contributed by atoms with Crippen LogP contribution in [0.25, 0.3) is 10.9 Å². The lowest BCUT2D eigenvalue weighted by Gasteiger charge is -2.08. The maximum Gasteiger partial charge on any atom is 0.268 e. The Kier molecular flexibility index (Phi) is 2.74. The van der Waals surface area contributed by atoms with E-state index in [0.717, 1.165) is 16.5 Å². The molecule has 0 aliphatic heterocycles. The summed E-state index contributed by atoms with van der Waals surface area (Å²) in [6.07, 6.45) is 2.75. The summed E-state index contributed by atoms with van der Waals surface area (Å²) in [5.74, 6) is 0.135. The number of aryl methyl sites for hydroxylation is 1. The number of hydrogen-bond acceptors (Lipinski definition) is 3. The maximum absolute atomic E-state index is 12.8. The number of nitrogens with zero attached hydrogens (tertiary/aromatic N) is 1. The zero-order valence-electron chi connectivity index (χ0n) is 11.7. The smallest absolute Gasteiger partial charge is 0.268 e. The second kappa shape index (κ2) is 4.55. The standard InChI is InChI=1S/C17H13NO3S/c19-17-9-7-13-14-10-11-18(16(14)8-6-15(13)17)22(20,21)12-4-2-1-3-5-12/h1-6,8,10-11H,7,9H2. The number of carbonyl (C=O) groups excluding carboxylic acids is 1. The van der Waals surface area contributed by atoms with Crippen LogP contribution in [0.2, 0.25) is 0 Å². The molecule has 0 bridgehead atoms. The van der Waals surface area contributed by atoms with E-state index in [-0.39, 0.29) is 10.7 Å². The van der Waals surface area contributed by atoms with Gasteiger partial charge < -0.3 is 0 Å². The fourth-order valence-corrected chi connectivity index (χ4v) is 4.44. The van der Waals surface area contributed by atoms with Crippen molar-refractivity contribution >= 4 is 26.7 Å². The van der Waals surface area contributed by atoms with Gasteiger partial charge >= 0.3 is 0 Å². The second-order valence-corrected chi connectivity index (χ2v) is 7.19. The number of Topliss-reactive ketones (excluding diaryl/α,β-unsaturated/α-hetero) is 1. The van der Waals surface area contributed by atoms with Crippen molar-refractivity contribution < 1.29 is 13.2 Å². The summed E-state index contributed by atoms with van der Waals surface area (Å²) in [6, 6.07) is 13.6. The molecule has 4 nitrogen and oxygen atoms in total. The normalized spacial score (nSPS) is 14.5. The summed E-state index contributed by atoms with van der Waals surface area (Å²) < 4.78 is 26.8. The first-order valence-corrected chi connectivity index (χ1v) is 8.50. The van der Waals surface area contributed by atoms with Crippen LogP contribution >= 0.6 is 0 Å². The molecule has 5 heteroatoms. The Morgan fingerprint density at radius 3 is 2.45 bits per heavy atom. The summed E-state index contributed by atoms with van der Waals surface area (Å²) in [6.45, 7) is 0. The van der Waals surface area contributed by atoms with Crippen molar-refractivity contribution in [3.05, 3.63) is 65.9 Å². The topological polar surface area (TPSA) is 56.1 Å². The van der Waals surface area contributed by atoms with Crippen LogP contribution in [0.1, 0.15) is 22.3 Å². The van der Waals surface area contributed by atoms with Gasteiger partial charge in [-0.3, -0.25) is 4.79 Å². The molecule has 2 aromatic carbocycles. The van der Waals surface area contributed by atoms with Crippen LogP contribution < -0.4 is 0 Å². The Bertz CT molecular complexity index is 1000. The Morgan fingerprint density at radius 1 is 0.909 bits per heavy atom. The molecule has 0 spiro atoms. The van der Waals surface area contributed by atoms with Crippen molar-refractivity contribution in [3.63, 3.8) is 0 Å². The van der Waals surface area contributed by atoms with Gasteiger partial charge in [-0.2, -0.15) is 0 Å². The zero-order chi connectivity index (χ0) is 15.3. The van der Waals surface area contributed by atoms with Crippen molar-refractivity contribution in [1.82, 2.24) is 3.97 Å². The second-order valence-electron chi connectivity index (χ2n) is 5.38. The summed E-state index contributed by atoms with van der Waals surface area (Å²) in [7, 11) is -3.62. The van der Waals surface area contributed by atoms with Crippen molar-refractivity contribution in [2.24, 2.45) is 0 Å². The van der Waals surface area contributed by atoms with Crippen molar-refractivity contribution in [2.75, 3.05) is 0 Å². The Hall–Kier alpha value is -2.40. The molecule has 22 heavy (non-hydrogen) atoms. The van der Waals surface area contributed by atoms with E-state index in [0.29, 0.717) is 18.4 Å². The van der Waals surface area contributed by atoms with Gasteiger partial charge in [0.2, 0.25) is 0 Å². The van der Waals surface area contributed by atoms with E-state index in [1.807, 2.05) is 0 Å². The summed E-state index contributed by atoms with van der Waals surface area (Å²) in [5, 5.41) is 0.850. The number of hydrogen-bond donors (Lipinski definition) is 0. The SMILES string of the molecule is O=C1CCc2c1ccc1c2ccn1S(=O)(=O)c1ccccc1. The summed E-state index contributed by atoms with van der Waals surface area (Å²) >= 11 is 0. The molecule has 1 heterocycles. The van der Waals surface area contributed by atoms with E-state index in [4.69, 9.17) is 0 Å². The third kappa shape index (κ3) is 1.75. The van der Waals surface area contributed by atoms with Gasteiger partial charge in [0.25, 0.3) is 10.0 Å². The Labute approximate surface area is 128 Å². The van der Waals surface area contributed by atoms with E-state index in [9.17, 15) is 13.2 Å². The maximum atomic E-state index is 12.8. The third-order valence-corrected chi connectivity index (χ3v) is 5.85. The van der Waals surface area contributed by atoms with E-state index in [1.165, 1.54) is 3.97 Å². The minimum absolute atomic E-state index is 0.135. The van der Waals surface area contributed by atoms with E-state index in [1.54, 1.807) is 54.7 Å². The molecule has 3 aromatic rings. The molecule has 0 radical (unpaired) electrons. The minimum Gasteiger partial charge on any atom is -0.294 e. The molecule has 0 N–H and O–H groups in total. The lowest BCUT2D eigenvalue weighted by Crippen LogP contribution is -2.11. The average molecular weight is 311 g/mol. The molecule has 1 aliphatic carbocycles. The molecule has 1 aliphatic rings. The highest BCUT2D eigenvalue weighted by atomic mass is 32.2. The van der Waals surface area contributed by atoms with Gasteiger partial charge in [-0.15, -0.1) is 0 Å². The third-order valence-electron chi connectivity index (χ3n) is 4.15. The molecule has 0 fully saturated rings. The number of fused-ring (bicyclic) bond motifs is 3. The number of aromatic nitrogens is 1.